The Hall–Kier alpha value is -3.25. The van der Waals surface area contributed by atoms with E-state index >= 15 is 0 Å². The van der Waals surface area contributed by atoms with Gasteiger partial charge in [0.2, 0.25) is 5.91 Å². The number of carbonyl (C=O) groups excluding carboxylic acids is 4. The molecule has 2 aliphatic rings. The Morgan fingerprint density at radius 1 is 1.13 bits per heavy atom. The van der Waals surface area contributed by atoms with Gasteiger partial charge < -0.3 is 24.4 Å². The number of hydrogen-bond donors (Lipinski definition) is 1. The van der Waals surface area contributed by atoms with Crippen LogP contribution in [0.5, 0.6) is 11.5 Å². The van der Waals surface area contributed by atoms with E-state index in [0.29, 0.717) is 42.6 Å². The highest BCUT2D eigenvalue weighted by Crippen LogP contribution is 2.39. The molecule has 2 aromatic rings. The van der Waals surface area contributed by atoms with Gasteiger partial charge in [-0.3, -0.25) is 24.1 Å². The van der Waals surface area contributed by atoms with Gasteiger partial charge in [-0.05, 0) is 47.7 Å². The molecule has 1 N–H and O–H groups in total. The van der Waals surface area contributed by atoms with E-state index in [-0.39, 0.29) is 40.5 Å². The van der Waals surface area contributed by atoms with Gasteiger partial charge in [-0.2, -0.15) is 0 Å². The van der Waals surface area contributed by atoms with Crippen molar-refractivity contribution in [1.82, 2.24) is 9.80 Å². The van der Waals surface area contributed by atoms with Crippen molar-refractivity contribution in [2.24, 2.45) is 0 Å². The molecule has 38 heavy (non-hydrogen) atoms. The summed E-state index contributed by atoms with van der Waals surface area (Å²) in [4.78, 5) is 52.8. The number of halogens is 2. The van der Waals surface area contributed by atoms with Crippen LogP contribution in [0.4, 0.5) is 10.5 Å². The number of anilines is 1. The number of nitrogens with zero attached hydrogens (tertiary/aromatic N) is 2. The van der Waals surface area contributed by atoms with Gasteiger partial charge in [-0.1, -0.05) is 35.3 Å². The van der Waals surface area contributed by atoms with E-state index in [1.54, 1.807) is 35.2 Å². The molecule has 0 radical (unpaired) electrons. The lowest BCUT2D eigenvalue weighted by atomic mass is 10.1. The minimum absolute atomic E-state index is 0.128. The molecule has 200 valence electrons. The number of imide groups is 1. The molecular formula is C25H23Cl2N3O7S. The van der Waals surface area contributed by atoms with E-state index in [1.165, 1.54) is 19.3 Å². The summed E-state index contributed by atoms with van der Waals surface area (Å²) in [5.41, 5.74) is 0.904. The van der Waals surface area contributed by atoms with Crippen LogP contribution >= 0.6 is 35.0 Å². The molecule has 13 heteroatoms. The fourth-order valence-electron chi connectivity index (χ4n) is 3.69. The Balaban J connectivity index is 1.43. The monoisotopic (exact) mass is 579 g/mol. The number of carbonyl (C=O) groups is 4. The molecule has 0 unspecified atom stereocenters. The predicted octanol–water partition coefficient (Wildman–Crippen LogP) is 3.91. The third-order valence-electron chi connectivity index (χ3n) is 5.58. The van der Waals surface area contributed by atoms with E-state index in [2.05, 4.69) is 5.32 Å². The van der Waals surface area contributed by atoms with Crippen LogP contribution in [0.2, 0.25) is 10.0 Å². The van der Waals surface area contributed by atoms with Crippen molar-refractivity contribution in [2.45, 2.75) is 0 Å². The molecule has 2 aromatic carbocycles. The van der Waals surface area contributed by atoms with Gasteiger partial charge in [-0.15, -0.1) is 0 Å². The van der Waals surface area contributed by atoms with E-state index in [1.807, 2.05) is 0 Å². The largest absolute Gasteiger partial charge is 0.493 e. The fraction of sp³-hybridized carbons (Fsp3) is 0.280. The predicted molar refractivity (Wildman–Crippen MR) is 144 cm³/mol. The third-order valence-corrected chi connectivity index (χ3v) is 7.09. The topological polar surface area (TPSA) is 114 Å². The molecule has 10 nitrogen and oxygen atoms in total. The van der Waals surface area contributed by atoms with E-state index in [9.17, 15) is 19.2 Å². The van der Waals surface area contributed by atoms with Gasteiger partial charge in [0, 0.05) is 13.1 Å². The first-order valence-electron chi connectivity index (χ1n) is 11.4. The lowest BCUT2D eigenvalue weighted by Gasteiger charge is -2.28. The van der Waals surface area contributed by atoms with Crippen LogP contribution in [0.1, 0.15) is 5.56 Å². The zero-order valence-corrected chi connectivity index (χ0v) is 22.5. The van der Waals surface area contributed by atoms with Crippen LogP contribution in [-0.4, -0.2) is 79.3 Å². The van der Waals surface area contributed by atoms with Crippen LogP contribution in [0, 0.1) is 0 Å². The number of thioether (sulfide) groups is 1. The van der Waals surface area contributed by atoms with Crippen molar-refractivity contribution in [3.05, 3.63) is 56.9 Å². The Kier molecular flexibility index (Phi) is 9.16. The highest BCUT2D eigenvalue weighted by atomic mass is 35.5. The Morgan fingerprint density at radius 3 is 2.58 bits per heavy atom. The van der Waals surface area contributed by atoms with Gasteiger partial charge >= 0.3 is 0 Å². The second-order valence-corrected chi connectivity index (χ2v) is 9.92. The summed E-state index contributed by atoms with van der Waals surface area (Å²) in [6, 6.07) is 9.85. The first kappa shape index (κ1) is 27.8. The van der Waals surface area contributed by atoms with Crippen molar-refractivity contribution < 1.29 is 33.4 Å². The van der Waals surface area contributed by atoms with Gasteiger partial charge in [0.1, 0.15) is 6.54 Å². The average molecular weight is 580 g/mol. The number of morpholine rings is 1. The fourth-order valence-corrected chi connectivity index (χ4v) is 4.98. The summed E-state index contributed by atoms with van der Waals surface area (Å²) in [7, 11) is 1.40. The summed E-state index contributed by atoms with van der Waals surface area (Å²) >= 11 is 13.2. The van der Waals surface area contributed by atoms with Gasteiger partial charge in [0.25, 0.3) is 17.1 Å². The van der Waals surface area contributed by atoms with Gasteiger partial charge in [-0.25, -0.2) is 0 Å². The number of amides is 4. The number of benzene rings is 2. The molecule has 0 atom stereocenters. The number of rotatable bonds is 8. The van der Waals surface area contributed by atoms with E-state index in [4.69, 9.17) is 37.4 Å². The molecule has 0 aliphatic carbocycles. The summed E-state index contributed by atoms with van der Waals surface area (Å²) < 4.78 is 16.2. The Morgan fingerprint density at radius 2 is 1.87 bits per heavy atom. The molecule has 2 fully saturated rings. The van der Waals surface area contributed by atoms with Crippen LogP contribution in [0.25, 0.3) is 6.08 Å². The zero-order valence-electron chi connectivity index (χ0n) is 20.2. The van der Waals surface area contributed by atoms with Gasteiger partial charge in [0.05, 0.1) is 41.0 Å². The third kappa shape index (κ3) is 6.60. The van der Waals surface area contributed by atoms with Crippen molar-refractivity contribution in [3.8, 4) is 11.5 Å². The van der Waals surface area contributed by atoms with E-state index in [0.717, 1.165) is 16.7 Å². The minimum atomic E-state index is -0.576. The molecule has 0 spiro atoms. The van der Waals surface area contributed by atoms with Crippen LogP contribution < -0.4 is 14.8 Å². The van der Waals surface area contributed by atoms with Crippen molar-refractivity contribution in [1.29, 1.82) is 0 Å². The van der Waals surface area contributed by atoms with Crippen molar-refractivity contribution in [2.75, 3.05) is 51.9 Å². The molecular weight excluding hydrogens is 557 g/mol. The van der Waals surface area contributed by atoms with Crippen LogP contribution in [-0.2, 0) is 19.1 Å². The first-order chi connectivity index (χ1) is 18.3. The summed E-state index contributed by atoms with van der Waals surface area (Å²) in [5, 5.41) is 2.62. The van der Waals surface area contributed by atoms with Crippen LogP contribution in [0.3, 0.4) is 0 Å². The maximum Gasteiger partial charge on any atom is 0.294 e. The Bertz CT molecular complexity index is 1300. The molecule has 4 rings (SSSR count). The number of hydrogen-bond acceptors (Lipinski definition) is 8. The number of methoxy groups -OCH3 is 1. The van der Waals surface area contributed by atoms with Gasteiger partial charge in [0.15, 0.2) is 18.1 Å². The molecule has 0 saturated carbocycles. The highest BCUT2D eigenvalue weighted by molar-refractivity contribution is 8.18. The zero-order chi connectivity index (χ0) is 27.2. The standard InChI is InChI=1S/C25H23Cl2N3O7S/c1-35-19-11-15(10-17(27)23(19)37-14-21(31)28-18-5-3-2-4-16(18)26)12-20-24(33)30(25(34)38-20)13-22(32)29-6-8-36-9-7-29/h2-5,10-12H,6-9,13-14H2,1H3,(H,28,31)/b20-12-. The number of nitrogens with one attached hydrogen (secondary N) is 1. The quantitative estimate of drug-likeness (QED) is 0.468. The second-order valence-electron chi connectivity index (χ2n) is 8.11. The molecule has 2 aliphatic heterocycles. The van der Waals surface area contributed by atoms with E-state index < -0.39 is 17.1 Å². The number of para-hydroxylation sites is 1. The molecule has 0 aromatic heterocycles. The average Bonchev–Trinajstić information content (AvgIpc) is 3.16. The maximum atomic E-state index is 12.9. The molecule has 0 bridgehead atoms. The van der Waals surface area contributed by atoms with Crippen LogP contribution in [0.15, 0.2) is 41.3 Å². The smallest absolute Gasteiger partial charge is 0.294 e. The molecule has 2 saturated heterocycles. The van der Waals surface area contributed by atoms with Crippen molar-refractivity contribution >= 4 is 69.7 Å². The minimum Gasteiger partial charge on any atom is -0.493 e. The molecule has 2 heterocycles. The second kappa shape index (κ2) is 12.5. The SMILES string of the molecule is COc1cc(/C=C2\SC(=O)N(CC(=O)N3CCOCC3)C2=O)cc(Cl)c1OCC(=O)Nc1ccccc1Cl. The van der Waals surface area contributed by atoms with Crippen molar-refractivity contribution in [3.63, 3.8) is 0 Å². The lowest BCUT2D eigenvalue weighted by Crippen LogP contribution is -2.46. The number of ether oxygens (including phenoxy) is 3. The summed E-state index contributed by atoms with van der Waals surface area (Å²) in [5.74, 6) is -1.00. The maximum absolute atomic E-state index is 12.9. The Labute approximate surface area is 232 Å². The highest BCUT2D eigenvalue weighted by Gasteiger charge is 2.37. The lowest BCUT2D eigenvalue weighted by molar-refractivity contribution is -0.139. The molecule has 4 amide bonds. The normalized spacial score (nSPS) is 16.7. The summed E-state index contributed by atoms with van der Waals surface area (Å²) in [6.07, 6.45) is 1.48. The first-order valence-corrected chi connectivity index (χ1v) is 13.0. The summed E-state index contributed by atoms with van der Waals surface area (Å²) in [6.45, 7) is 0.966.